The first-order valence-corrected chi connectivity index (χ1v) is 6.64. The number of likely N-dealkylation sites (N-methyl/N-ethyl adjacent to an activating group) is 1. The molecular weight excluding hydrogens is 200 g/mol. The average Bonchev–Trinajstić information content (AvgIpc) is 2.28. The lowest BCUT2D eigenvalue weighted by Gasteiger charge is -2.35. The van der Waals surface area contributed by atoms with E-state index in [0.29, 0.717) is 18.0 Å². The molecule has 1 heterocycles. The Bertz CT molecular complexity index is 185. The zero-order valence-electron chi connectivity index (χ0n) is 11.3. The lowest BCUT2D eigenvalue weighted by molar-refractivity contribution is 0.121. The van der Waals surface area contributed by atoms with Gasteiger partial charge in [-0.2, -0.15) is 0 Å². The van der Waals surface area contributed by atoms with Gasteiger partial charge in [0, 0.05) is 25.7 Å². The van der Waals surface area contributed by atoms with Crippen molar-refractivity contribution in [2.75, 3.05) is 33.4 Å². The molecule has 1 fully saturated rings. The molecule has 16 heavy (non-hydrogen) atoms. The van der Waals surface area contributed by atoms with E-state index in [0.717, 1.165) is 6.61 Å². The Hall–Kier alpha value is -0.120. The van der Waals surface area contributed by atoms with Gasteiger partial charge < -0.3 is 15.0 Å². The van der Waals surface area contributed by atoms with E-state index in [9.17, 15) is 0 Å². The van der Waals surface area contributed by atoms with Crippen LogP contribution in [0.25, 0.3) is 0 Å². The maximum absolute atomic E-state index is 5.28. The van der Waals surface area contributed by atoms with Gasteiger partial charge in [-0.25, -0.2) is 0 Å². The lowest BCUT2D eigenvalue weighted by Crippen LogP contribution is -2.51. The van der Waals surface area contributed by atoms with Crippen molar-refractivity contribution in [3.05, 3.63) is 0 Å². The standard InChI is InChI=1S/C13H28N2O/c1-5-15-8-6-7-12(9-15)14-13(10-16-4)11(2)3/h11-14H,5-10H2,1-4H3. The van der Waals surface area contributed by atoms with E-state index in [2.05, 4.69) is 31.0 Å². The number of ether oxygens (including phenoxy) is 1. The van der Waals surface area contributed by atoms with Crippen molar-refractivity contribution in [2.24, 2.45) is 5.92 Å². The van der Waals surface area contributed by atoms with E-state index in [1.54, 1.807) is 7.11 Å². The van der Waals surface area contributed by atoms with Gasteiger partial charge in [-0.3, -0.25) is 0 Å². The second kappa shape index (κ2) is 7.25. The zero-order chi connectivity index (χ0) is 12.0. The van der Waals surface area contributed by atoms with Gasteiger partial charge in [0.1, 0.15) is 0 Å². The predicted octanol–water partition coefficient (Wildman–Crippen LogP) is 1.73. The second-order valence-electron chi connectivity index (χ2n) is 5.20. The molecule has 0 bridgehead atoms. The van der Waals surface area contributed by atoms with Crippen molar-refractivity contribution in [1.82, 2.24) is 10.2 Å². The van der Waals surface area contributed by atoms with Gasteiger partial charge in [-0.05, 0) is 31.8 Å². The van der Waals surface area contributed by atoms with Crippen LogP contribution in [-0.4, -0.2) is 50.3 Å². The molecule has 2 unspecified atom stereocenters. The molecule has 3 nitrogen and oxygen atoms in total. The summed E-state index contributed by atoms with van der Waals surface area (Å²) in [5, 5.41) is 3.75. The quantitative estimate of drug-likeness (QED) is 0.749. The highest BCUT2D eigenvalue weighted by Gasteiger charge is 2.22. The largest absolute Gasteiger partial charge is 0.383 e. The number of hydrogen-bond acceptors (Lipinski definition) is 3. The summed E-state index contributed by atoms with van der Waals surface area (Å²) in [4.78, 5) is 2.53. The Morgan fingerprint density at radius 2 is 2.19 bits per heavy atom. The maximum atomic E-state index is 5.28. The number of hydrogen-bond donors (Lipinski definition) is 1. The second-order valence-corrected chi connectivity index (χ2v) is 5.20. The Labute approximate surface area is 101 Å². The molecule has 1 rings (SSSR count). The van der Waals surface area contributed by atoms with E-state index in [1.807, 2.05) is 0 Å². The number of rotatable bonds is 6. The molecule has 2 atom stereocenters. The molecular formula is C13H28N2O. The van der Waals surface area contributed by atoms with Gasteiger partial charge in [0.25, 0.3) is 0 Å². The minimum Gasteiger partial charge on any atom is -0.383 e. The molecule has 3 heteroatoms. The first-order chi connectivity index (χ1) is 7.67. The summed E-state index contributed by atoms with van der Waals surface area (Å²) in [6.07, 6.45) is 2.63. The van der Waals surface area contributed by atoms with Crippen LogP contribution in [0.5, 0.6) is 0 Å². The van der Waals surface area contributed by atoms with Gasteiger partial charge in [-0.15, -0.1) is 0 Å². The Morgan fingerprint density at radius 1 is 1.44 bits per heavy atom. The van der Waals surface area contributed by atoms with E-state index >= 15 is 0 Å². The predicted molar refractivity (Wildman–Crippen MR) is 68.8 cm³/mol. The molecule has 0 aliphatic carbocycles. The Morgan fingerprint density at radius 3 is 2.75 bits per heavy atom. The molecule has 0 saturated carbocycles. The molecule has 0 spiro atoms. The minimum atomic E-state index is 0.492. The third-order valence-electron chi connectivity index (χ3n) is 3.55. The average molecular weight is 228 g/mol. The number of piperidine rings is 1. The van der Waals surface area contributed by atoms with Crippen molar-refractivity contribution in [3.8, 4) is 0 Å². The fourth-order valence-corrected chi connectivity index (χ4v) is 2.39. The normalized spacial score (nSPS) is 24.9. The van der Waals surface area contributed by atoms with Crippen molar-refractivity contribution >= 4 is 0 Å². The van der Waals surface area contributed by atoms with E-state index < -0.39 is 0 Å². The lowest BCUT2D eigenvalue weighted by atomic mass is 10.0. The topological polar surface area (TPSA) is 24.5 Å². The highest BCUT2D eigenvalue weighted by molar-refractivity contribution is 4.82. The van der Waals surface area contributed by atoms with E-state index in [1.165, 1.54) is 32.5 Å². The SMILES string of the molecule is CCN1CCCC(NC(COC)C(C)C)C1. The third-order valence-corrected chi connectivity index (χ3v) is 3.55. The van der Waals surface area contributed by atoms with Crippen molar-refractivity contribution < 1.29 is 4.74 Å². The minimum absolute atomic E-state index is 0.492. The molecule has 0 radical (unpaired) electrons. The van der Waals surface area contributed by atoms with Crippen molar-refractivity contribution in [2.45, 2.75) is 45.7 Å². The smallest absolute Gasteiger partial charge is 0.0618 e. The Balaban J connectivity index is 2.38. The molecule has 0 aromatic rings. The Kier molecular flexibility index (Phi) is 6.32. The zero-order valence-corrected chi connectivity index (χ0v) is 11.3. The fourth-order valence-electron chi connectivity index (χ4n) is 2.39. The summed E-state index contributed by atoms with van der Waals surface area (Å²) in [6.45, 7) is 11.2. The number of likely N-dealkylation sites (tertiary alicyclic amines) is 1. The maximum Gasteiger partial charge on any atom is 0.0618 e. The molecule has 1 aliphatic rings. The van der Waals surface area contributed by atoms with Gasteiger partial charge >= 0.3 is 0 Å². The van der Waals surface area contributed by atoms with Crippen LogP contribution in [0.15, 0.2) is 0 Å². The van der Waals surface area contributed by atoms with Crippen LogP contribution in [0.1, 0.15) is 33.6 Å². The first kappa shape index (κ1) is 13.9. The van der Waals surface area contributed by atoms with Crippen LogP contribution < -0.4 is 5.32 Å². The number of methoxy groups -OCH3 is 1. The monoisotopic (exact) mass is 228 g/mol. The molecule has 1 saturated heterocycles. The van der Waals surface area contributed by atoms with Crippen LogP contribution in [0.3, 0.4) is 0 Å². The van der Waals surface area contributed by atoms with Gasteiger partial charge in [-0.1, -0.05) is 20.8 Å². The molecule has 0 aromatic heterocycles. The molecule has 1 N–H and O–H groups in total. The molecule has 0 amide bonds. The van der Waals surface area contributed by atoms with Crippen LogP contribution in [0.2, 0.25) is 0 Å². The summed E-state index contributed by atoms with van der Waals surface area (Å²) in [6, 6.07) is 1.14. The van der Waals surface area contributed by atoms with Crippen LogP contribution >= 0.6 is 0 Å². The number of nitrogens with one attached hydrogen (secondary N) is 1. The van der Waals surface area contributed by atoms with Gasteiger partial charge in [0.05, 0.1) is 6.61 Å². The van der Waals surface area contributed by atoms with E-state index in [-0.39, 0.29) is 0 Å². The third kappa shape index (κ3) is 4.40. The molecule has 0 aromatic carbocycles. The summed E-state index contributed by atoms with van der Waals surface area (Å²) >= 11 is 0. The number of nitrogens with zero attached hydrogens (tertiary/aromatic N) is 1. The van der Waals surface area contributed by atoms with Gasteiger partial charge in [0.15, 0.2) is 0 Å². The highest BCUT2D eigenvalue weighted by atomic mass is 16.5. The molecule has 1 aliphatic heterocycles. The van der Waals surface area contributed by atoms with E-state index in [4.69, 9.17) is 4.74 Å². The molecule has 96 valence electrons. The summed E-state index contributed by atoms with van der Waals surface area (Å²) in [5.41, 5.74) is 0. The van der Waals surface area contributed by atoms with Crippen LogP contribution in [0.4, 0.5) is 0 Å². The first-order valence-electron chi connectivity index (χ1n) is 6.64. The van der Waals surface area contributed by atoms with Crippen molar-refractivity contribution in [1.29, 1.82) is 0 Å². The van der Waals surface area contributed by atoms with Crippen molar-refractivity contribution in [3.63, 3.8) is 0 Å². The fraction of sp³-hybridized carbons (Fsp3) is 1.00. The van der Waals surface area contributed by atoms with Crippen LogP contribution in [-0.2, 0) is 4.74 Å². The van der Waals surface area contributed by atoms with Gasteiger partial charge in [0.2, 0.25) is 0 Å². The summed E-state index contributed by atoms with van der Waals surface area (Å²) in [5.74, 6) is 0.636. The van der Waals surface area contributed by atoms with Crippen LogP contribution in [0, 0.1) is 5.92 Å². The summed E-state index contributed by atoms with van der Waals surface area (Å²) < 4.78 is 5.28. The highest BCUT2D eigenvalue weighted by Crippen LogP contribution is 2.12. The summed E-state index contributed by atoms with van der Waals surface area (Å²) in [7, 11) is 1.79.